The maximum Gasteiger partial charge on any atom is 0.213 e. The van der Waals surface area contributed by atoms with E-state index in [0.29, 0.717) is 12.4 Å². The highest BCUT2D eigenvalue weighted by atomic mass is 16.5. The zero-order valence-corrected chi connectivity index (χ0v) is 8.96. The van der Waals surface area contributed by atoms with Crippen molar-refractivity contribution in [2.75, 3.05) is 7.11 Å². The van der Waals surface area contributed by atoms with Crippen LogP contribution in [0.2, 0.25) is 0 Å². The van der Waals surface area contributed by atoms with E-state index in [-0.39, 0.29) is 6.04 Å². The van der Waals surface area contributed by atoms with Gasteiger partial charge < -0.3 is 15.0 Å². The van der Waals surface area contributed by atoms with Gasteiger partial charge in [0.2, 0.25) is 6.39 Å². The molecule has 0 aliphatic heterocycles. The number of hydrogen-bond donors (Lipinski definition) is 1. The van der Waals surface area contributed by atoms with E-state index >= 15 is 0 Å². The summed E-state index contributed by atoms with van der Waals surface area (Å²) in [6.45, 7) is 0.516. The summed E-state index contributed by atoms with van der Waals surface area (Å²) in [7, 11) is 1.65. The molecule has 2 aromatic rings. The third-order valence-electron chi connectivity index (χ3n) is 2.35. The Hall–Kier alpha value is -1.72. The van der Waals surface area contributed by atoms with Crippen LogP contribution >= 0.6 is 0 Å². The number of benzene rings is 1. The van der Waals surface area contributed by atoms with Crippen LogP contribution in [0.4, 0.5) is 0 Å². The first kappa shape index (κ1) is 10.8. The number of ether oxygens (including phenoxy) is 1. The average molecular weight is 219 g/mol. The van der Waals surface area contributed by atoms with Gasteiger partial charge in [0.05, 0.1) is 12.6 Å². The van der Waals surface area contributed by atoms with Gasteiger partial charge >= 0.3 is 0 Å². The summed E-state index contributed by atoms with van der Waals surface area (Å²) in [5.41, 5.74) is 8.03. The molecular weight excluding hydrogens is 206 g/mol. The molecule has 0 aliphatic rings. The van der Waals surface area contributed by atoms with Gasteiger partial charge in [0.1, 0.15) is 0 Å². The molecule has 84 valence electrons. The van der Waals surface area contributed by atoms with Gasteiger partial charge in [-0.15, -0.1) is 0 Å². The molecule has 1 heterocycles. The molecule has 1 aromatic carbocycles. The fourth-order valence-electron chi connectivity index (χ4n) is 1.58. The van der Waals surface area contributed by atoms with E-state index in [2.05, 4.69) is 14.7 Å². The number of nitrogens with two attached hydrogens (primary N) is 1. The van der Waals surface area contributed by atoms with E-state index in [0.717, 1.165) is 11.1 Å². The quantitative estimate of drug-likeness (QED) is 0.838. The van der Waals surface area contributed by atoms with Crippen molar-refractivity contribution >= 4 is 0 Å². The first-order valence-electron chi connectivity index (χ1n) is 4.91. The third-order valence-corrected chi connectivity index (χ3v) is 2.35. The summed E-state index contributed by atoms with van der Waals surface area (Å²) in [6.07, 6.45) is 1.27. The van der Waals surface area contributed by atoms with Crippen molar-refractivity contribution in [1.82, 2.24) is 10.1 Å². The lowest BCUT2D eigenvalue weighted by atomic mass is 10.0. The Morgan fingerprint density at radius 3 is 2.94 bits per heavy atom. The average Bonchev–Trinajstić information content (AvgIpc) is 2.83. The summed E-state index contributed by atoms with van der Waals surface area (Å²) in [6, 6.07) is 7.40. The van der Waals surface area contributed by atoms with Gasteiger partial charge in [0.25, 0.3) is 0 Å². The molecule has 0 saturated carbocycles. The van der Waals surface area contributed by atoms with Crippen LogP contribution in [0.15, 0.2) is 35.2 Å². The minimum atomic E-state index is -0.384. The highest BCUT2D eigenvalue weighted by molar-refractivity contribution is 5.32. The normalized spacial score (nSPS) is 12.6. The molecule has 16 heavy (non-hydrogen) atoms. The number of methoxy groups -OCH3 is 1. The summed E-state index contributed by atoms with van der Waals surface area (Å²) in [5, 5.41) is 3.74. The Kier molecular flexibility index (Phi) is 3.28. The number of hydrogen-bond acceptors (Lipinski definition) is 5. The Bertz CT molecular complexity index is 442. The topological polar surface area (TPSA) is 74.2 Å². The van der Waals surface area contributed by atoms with Crippen LogP contribution in [0.1, 0.15) is 23.0 Å². The van der Waals surface area contributed by atoms with Crippen molar-refractivity contribution in [2.45, 2.75) is 12.6 Å². The maximum atomic E-state index is 6.05. The molecule has 1 aromatic heterocycles. The van der Waals surface area contributed by atoms with Crippen LogP contribution in [-0.4, -0.2) is 17.3 Å². The standard InChI is InChI=1S/C11H13N3O2/c1-15-6-8-4-2-3-5-9(8)10(12)11-13-7-16-14-11/h2-5,7,10H,6,12H2,1H3. The van der Waals surface area contributed by atoms with Crippen LogP contribution in [0.5, 0.6) is 0 Å². The zero-order valence-electron chi connectivity index (χ0n) is 8.96. The third kappa shape index (κ3) is 2.10. The molecule has 0 amide bonds. The number of rotatable bonds is 4. The SMILES string of the molecule is COCc1ccccc1C(N)c1ncon1. The van der Waals surface area contributed by atoms with E-state index in [1.165, 1.54) is 6.39 Å². The molecule has 0 radical (unpaired) electrons. The van der Waals surface area contributed by atoms with Gasteiger partial charge in [0, 0.05) is 7.11 Å². The number of nitrogens with zero attached hydrogens (tertiary/aromatic N) is 2. The fraction of sp³-hybridized carbons (Fsp3) is 0.273. The molecule has 1 unspecified atom stereocenters. The van der Waals surface area contributed by atoms with Crippen LogP contribution in [-0.2, 0) is 11.3 Å². The molecule has 0 spiro atoms. The maximum absolute atomic E-state index is 6.05. The van der Waals surface area contributed by atoms with Gasteiger partial charge in [-0.05, 0) is 11.1 Å². The summed E-state index contributed by atoms with van der Waals surface area (Å²) in [5.74, 6) is 0.476. The van der Waals surface area contributed by atoms with Gasteiger partial charge in [-0.3, -0.25) is 0 Å². The Labute approximate surface area is 93.2 Å². The highest BCUT2D eigenvalue weighted by Crippen LogP contribution is 2.20. The van der Waals surface area contributed by atoms with E-state index in [9.17, 15) is 0 Å². The van der Waals surface area contributed by atoms with Crippen LogP contribution in [0, 0.1) is 0 Å². The molecule has 2 N–H and O–H groups in total. The first-order chi connectivity index (χ1) is 7.83. The largest absolute Gasteiger partial charge is 0.380 e. The van der Waals surface area contributed by atoms with Crippen molar-refractivity contribution in [1.29, 1.82) is 0 Å². The van der Waals surface area contributed by atoms with Crippen LogP contribution < -0.4 is 5.73 Å². The molecule has 0 fully saturated rings. The lowest BCUT2D eigenvalue weighted by molar-refractivity contribution is 0.184. The summed E-state index contributed by atoms with van der Waals surface area (Å²) >= 11 is 0. The van der Waals surface area contributed by atoms with Crippen LogP contribution in [0.3, 0.4) is 0 Å². The van der Waals surface area contributed by atoms with Gasteiger partial charge in [0.15, 0.2) is 5.82 Å². The fourth-order valence-corrected chi connectivity index (χ4v) is 1.58. The molecular formula is C11H13N3O2. The van der Waals surface area contributed by atoms with Crippen molar-refractivity contribution in [3.05, 3.63) is 47.6 Å². The van der Waals surface area contributed by atoms with Crippen LogP contribution in [0.25, 0.3) is 0 Å². The predicted molar refractivity (Wildman–Crippen MR) is 57.5 cm³/mol. The van der Waals surface area contributed by atoms with Crippen molar-refractivity contribution in [3.63, 3.8) is 0 Å². The zero-order chi connectivity index (χ0) is 11.4. The van der Waals surface area contributed by atoms with Gasteiger partial charge in [-0.1, -0.05) is 29.4 Å². The smallest absolute Gasteiger partial charge is 0.213 e. The Balaban J connectivity index is 2.32. The first-order valence-corrected chi connectivity index (χ1v) is 4.91. The van der Waals surface area contributed by atoms with E-state index in [1.54, 1.807) is 7.11 Å². The molecule has 0 bridgehead atoms. The molecule has 2 rings (SSSR count). The minimum absolute atomic E-state index is 0.384. The second-order valence-electron chi connectivity index (χ2n) is 3.40. The van der Waals surface area contributed by atoms with Crippen molar-refractivity contribution in [2.24, 2.45) is 5.73 Å². The predicted octanol–water partition coefficient (Wildman–Crippen LogP) is 1.26. The van der Waals surface area contributed by atoms with Crippen molar-refractivity contribution < 1.29 is 9.26 Å². The van der Waals surface area contributed by atoms with E-state index < -0.39 is 0 Å². The van der Waals surface area contributed by atoms with Gasteiger partial charge in [-0.25, -0.2) is 0 Å². The van der Waals surface area contributed by atoms with E-state index in [1.807, 2.05) is 24.3 Å². The summed E-state index contributed by atoms with van der Waals surface area (Å²) < 4.78 is 9.80. The number of aromatic nitrogens is 2. The second-order valence-corrected chi connectivity index (χ2v) is 3.40. The lowest BCUT2D eigenvalue weighted by Gasteiger charge is -2.12. The lowest BCUT2D eigenvalue weighted by Crippen LogP contribution is -2.15. The Morgan fingerprint density at radius 2 is 2.25 bits per heavy atom. The summed E-state index contributed by atoms with van der Waals surface area (Å²) in [4.78, 5) is 3.95. The minimum Gasteiger partial charge on any atom is -0.380 e. The molecule has 1 atom stereocenters. The molecule has 5 nitrogen and oxygen atoms in total. The second kappa shape index (κ2) is 4.87. The molecule has 5 heteroatoms. The highest BCUT2D eigenvalue weighted by Gasteiger charge is 2.16. The molecule has 0 aliphatic carbocycles. The Morgan fingerprint density at radius 1 is 1.44 bits per heavy atom. The van der Waals surface area contributed by atoms with Crippen molar-refractivity contribution in [3.8, 4) is 0 Å². The van der Waals surface area contributed by atoms with Gasteiger partial charge in [-0.2, -0.15) is 4.98 Å². The monoisotopic (exact) mass is 219 g/mol. The van der Waals surface area contributed by atoms with E-state index in [4.69, 9.17) is 10.5 Å². The molecule has 0 saturated heterocycles.